The molecule has 0 amide bonds. The molecule has 1 heterocycles. The molecule has 0 saturated carbocycles. The van der Waals surface area contributed by atoms with Crippen molar-refractivity contribution in [3.8, 4) is 0 Å². The van der Waals surface area contributed by atoms with Gasteiger partial charge in [-0.3, -0.25) is 4.85 Å². The number of nitrogens with one attached hydrogen (secondary N) is 1. The standard InChI is InChI=1S/C12H10N2O/c1-13-12(11-8-5-9-15-11)14-10-6-3-2-4-7-10/h2-9,12,14H. The van der Waals surface area contributed by atoms with Gasteiger partial charge in [0.1, 0.15) is 0 Å². The minimum absolute atomic E-state index is 0.456. The highest BCUT2D eigenvalue weighted by molar-refractivity contribution is 5.44. The van der Waals surface area contributed by atoms with Gasteiger partial charge in [0, 0.05) is 5.69 Å². The average molecular weight is 198 g/mol. The largest absolute Gasteiger partial charge is 0.459 e. The molecule has 1 aromatic heterocycles. The van der Waals surface area contributed by atoms with Crippen LogP contribution in [0, 0.1) is 6.57 Å². The number of nitrogens with zero attached hydrogens (tertiary/aromatic N) is 1. The Morgan fingerprint density at radius 2 is 1.93 bits per heavy atom. The van der Waals surface area contributed by atoms with Crippen molar-refractivity contribution >= 4 is 5.69 Å². The molecule has 0 bridgehead atoms. The average Bonchev–Trinajstić information content (AvgIpc) is 2.81. The normalized spacial score (nSPS) is 11.7. The third kappa shape index (κ3) is 2.18. The monoisotopic (exact) mass is 198 g/mol. The topological polar surface area (TPSA) is 29.5 Å². The van der Waals surface area contributed by atoms with Gasteiger partial charge in [-0.15, -0.1) is 0 Å². The maximum atomic E-state index is 7.09. The molecule has 1 aromatic carbocycles. The van der Waals surface area contributed by atoms with E-state index in [-0.39, 0.29) is 0 Å². The van der Waals surface area contributed by atoms with Crippen molar-refractivity contribution in [3.05, 3.63) is 65.9 Å². The summed E-state index contributed by atoms with van der Waals surface area (Å²) < 4.78 is 5.18. The fraction of sp³-hybridized carbons (Fsp3) is 0.0833. The van der Waals surface area contributed by atoms with Crippen molar-refractivity contribution in [2.75, 3.05) is 5.32 Å². The van der Waals surface area contributed by atoms with Crippen molar-refractivity contribution in [3.63, 3.8) is 0 Å². The molecule has 3 heteroatoms. The molecule has 0 saturated heterocycles. The molecule has 15 heavy (non-hydrogen) atoms. The van der Waals surface area contributed by atoms with Crippen molar-refractivity contribution < 1.29 is 4.42 Å². The van der Waals surface area contributed by atoms with E-state index in [1.54, 1.807) is 18.4 Å². The van der Waals surface area contributed by atoms with E-state index in [9.17, 15) is 0 Å². The van der Waals surface area contributed by atoms with Crippen LogP contribution in [-0.4, -0.2) is 0 Å². The van der Waals surface area contributed by atoms with E-state index < -0.39 is 6.17 Å². The van der Waals surface area contributed by atoms with E-state index in [0.29, 0.717) is 5.76 Å². The van der Waals surface area contributed by atoms with Crippen LogP contribution in [0.2, 0.25) is 0 Å². The number of anilines is 1. The van der Waals surface area contributed by atoms with Gasteiger partial charge in [0.05, 0.1) is 6.26 Å². The maximum Gasteiger partial charge on any atom is 0.354 e. The Morgan fingerprint density at radius 1 is 1.13 bits per heavy atom. The highest BCUT2D eigenvalue weighted by atomic mass is 16.3. The first kappa shape index (κ1) is 9.35. The van der Waals surface area contributed by atoms with E-state index >= 15 is 0 Å². The Morgan fingerprint density at radius 3 is 2.53 bits per heavy atom. The Balaban J connectivity index is 2.14. The van der Waals surface area contributed by atoms with Crippen LogP contribution in [0.5, 0.6) is 0 Å². The molecular formula is C12H10N2O. The number of para-hydroxylation sites is 1. The van der Waals surface area contributed by atoms with E-state index in [1.807, 2.05) is 30.3 Å². The Labute approximate surface area is 88.2 Å². The maximum absolute atomic E-state index is 7.09. The molecule has 2 aromatic rings. The van der Waals surface area contributed by atoms with E-state index in [4.69, 9.17) is 11.0 Å². The molecular weight excluding hydrogens is 188 g/mol. The molecule has 1 atom stereocenters. The highest BCUT2D eigenvalue weighted by Crippen LogP contribution is 2.20. The number of benzene rings is 1. The molecule has 1 unspecified atom stereocenters. The van der Waals surface area contributed by atoms with Gasteiger partial charge in [-0.2, -0.15) is 0 Å². The van der Waals surface area contributed by atoms with Crippen molar-refractivity contribution in [2.45, 2.75) is 6.17 Å². The summed E-state index contributed by atoms with van der Waals surface area (Å²) in [5, 5.41) is 3.08. The van der Waals surface area contributed by atoms with Gasteiger partial charge < -0.3 is 9.73 Å². The zero-order chi connectivity index (χ0) is 10.5. The Kier molecular flexibility index (Phi) is 2.70. The molecule has 0 aliphatic heterocycles. The lowest BCUT2D eigenvalue weighted by Gasteiger charge is -2.06. The third-order valence-corrected chi connectivity index (χ3v) is 2.02. The molecule has 0 aliphatic rings. The summed E-state index contributed by atoms with van der Waals surface area (Å²) in [4.78, 5) is 3.47. The highest BCUT2D eigenvalue weighted by Gasteiger charge is 2.17. The first-order valence-corrected chi connectivity index (χ1v) is 4.62. The summed E-state index contributed by atoms with van der Waals surface area (Å²) >= 11 is 0. The second-order valence-corrected chi connectivity index (χ2v) is 3.06. The van der Waals surface area contributed by atoms with Gasteiger partial charge in [0.15, 0.2) is 0 Å². The fourth-order valence-corrected chi connectivity index (χ4v) is 1.31. The van der Waals surface area contributed by atoms with Crippen LogP contribution in [-0.2, 0) is 0 Å². The minimum Gasteiger partial charge on any atom is -0.459 e. The predicted molar refractivity (Wildman–Crippen MR) is 58.1 cm³/mol. The molecule has 0 aliphatic carbocycles. The van der Waals surface area contributed by atoms with Crippen molar-refractivity contribution in [2.24, 2.45) is 0 Å². The van der Waals surface area contributed by atoms with Gasteiger partial charge in [0.2, 0.25) is 5.76 Å². The first-order valence-electron chi connectivity index (χ1n) is 4.62. The predicted octanol–water partition coefficient (Wildman–Crippen LogP) is 3.31. The van der Waals surface area contributed by atoms with Crippen LogP contribution >= 0.6 is 0 Å². The lowest BCUT2D eigenvalue weighted by atomic mass is 10.3. The quantitative estimate of drug-likeness (QED) is 0.766. The molecule has 74 valence electrons. The summed E-state index contributed by atoms with van der Waals surface area (Å²) in [6, 6.07) is 13.2. The van der Waals surface area contributed by atoms with Gasteiger partial charge in [-0.05, 0) is 24.3 Å². The molecule has 2 rings (SSSR count). The van der Waals surface area contributed by atoms with E-state index in [0.717, 1.165) is 5.69 Å². The smallest absolute Gasteiger partial charge is 0.354 e. The number of hydrogen-bond acceptors (Lipinski definition) is 2. The van der Waals surface area contributed by atoms with E-state index in [2.05, 4.69) is 10.2 Å². The summed E-state index contributed by atoms with van der Waals surface area (Å²) in [6.07, 6.45) is 1.11. The number of furan rings is 1. The molecule has 0 spiro atoms. The summed E-state index contributed by atoms with van der Waals surface area (Å²) in [7, 11) is 0. The lowest BCUT2D eigenvalue weighted by molar-refractivity contribution is 0.501. The molecule has 0 radical (unpaired) electrons. The molecule has 0 fully saturated rings. The molecule has 1 N–H and O–H groups in total. The van der Waals surface area contributed by atoms with Crippen LogP contribution in [0.4, 0.5) is 5.69 Å². The Bertz CT molecular complexity index is 442. The number of hydrogen-bond donors (Lipinski definition) is 1. The third-order valence-electron chi connectivity index (χ3n) is 2.02. The van der Waals surface area contributed by atoms with Gasteiger partial charge in [-0.25, -0.2) is 6.57 Å². The lowest BCUT2D eigenvalue weighted by Crippen LogP contribution is -2.04. The zero-order valence-electron chi connectivity index (χ0n) is 8.05. The summed E-state index contributed by atoms with van der Waals surface area (Å²) in [6.45, 7) is 7.09. The van der Waals surface area contributed by atoms with Gasteiger partial charge in [-0.1, -0.05) is 18.2 Å². The SMILES string of the molecule is [C-]#[N+]C(Nc1ccccc1)c1ccco1. The van der Waals surface area contributed by atoms with Crippen molar-refractivity contribution in [1.82, 2.24) is 0 Å². The zero-order valence-corrected chi connectivity index (χ0v) is 8.05. The minimum atomic E-state index is -0.456. The fourth-order valence-electron chi connectivity index (χ4n) is 1.31. The second-order valence-electron chi connectivity index (χ2n) is 3.06. The second kappa shape index (κ2) is 4.34. The van der Waals surface area contributed by atoms with Crippen LogP contribution < -0.4 is 5.32 Å². The number of rotatable bonds is 3. The van der Waals surface area contributed by atoms with Crippen LogP contribution in [0.25, 0.3) is 4.85 Å². The van der Waals surface area contributed by atoms with Crippen LogP contribution in [0.3, 0.4) is 0 Å². The van der Waals surface area contributed by atoms with Gasteiger partial charge in [0.25, 0.3) is 0 Å². The first-order chi connectivity index (χ1) is 7.40. The summed E-state index contributed by atoms with van der Waals surface area (Å²) in [5.74, 6) is 0.633. The van der Waals surface area contributed by atoms with Crippen LogP contribution in [0.15, 0.2) is 53.1 Å². The van der Waals surface area contributed by atoms with Crippen molar-refractivity contribution in [1.29, 1.82) is 0 Å². The molecule has 3 nitrogen and oxygen atoms in total. The Hall–Kier alpha value is -2.21. The van der Waals surface area contributed by atoms with Gasteiger partial charge >= 0.3 is 6.17 Å². The van der Waals surface area contributed by atoms with Crippen LogP contribution in [0.1, 0.15) is 11.9 Å². The summed E-state index contributed by atoms with van der Waals surface area (Å²) in [5.41, 5.74) is 0.912. The van der Waals surface area contributed by atoms with E-state index in [1.165, 1.54) is 0 Å².